The summed E-state index contributed by atoms with van der Waals surface area (Å²) in [6, 6.07) is 15.0. The van der Waals surface area contributed by atoms with E-state index in [4.69, 9.17) is 14.2 Å². The Kier molecular flexibility index (Phi) is 5.83. The van der Waals surface area contributed by atoms with Crippen LogP contribution in [0.25, 0.3) is 0 Å². The number of carbonyl (C=O) groups excluding carboxylic acids is 1. The Labute approximate surface area is 130 Å². The van der Waals surface area contributed by atoms with Gasteiger partial charge in [0.25, 0.3) is 0 Å². The minimum Gasteiger partial charge on any atom is -0.493 e. The van der Waals surface area contributed by atoms with Gasteiger partial charge in [-0.2, -0.15) is 0 Å². The summed E-state index contributed by atoms with van der Waals surface area (Å²) >= 11 is 0. The van der Waals surface area contributed by atoms with Crippen molar-refractivity contribution in [3.8, 4) is 11.5 Å². The Morgan fingerprint density at radius 3 is 2.41 bits per heavy atom. The Balaban J connectivity index is 2.15. The van der Waals surface area contributed by atoms with Crippen LogP contribution < -0.4 is 9.47 Å². The molecule has 0 aliphatic heterocycles. The van der Waals surface area contributed by atoms with Gasteiger partial charge in [-0.05, 0) is 37.6 Å². The molecule has 0 spiro atoms. The lowest BCUT2D eigenvalue weighted by Crippen LogP contribution is -2.08. The SMILES string of the molecule is CCOC(=O)c1cc(OCc2ccccc2)ccc1OCC. The first kappa shape index (κ1) is 15.9. The molecule has 4 heteroatoms. The zero-order valence-electron chi connectivity index (χ0n) is 12.9. The Bertz CT molecular complexity index is 608. The minimum atomic E-state index is -0.406. The summed E-state index contributed by atoms with van der Waals surface area (Å²) < 4.78 is 16.3. The second-order valence-corrected chi connectivity index (χ2v) is 4.59. The molecule has 0 bridgehead atoms. The van der Waals surface area contributed by atoms with Crippen LogP contribution in [0.2, 0.25) is 0 Å². The van der Waals surface area contributed by atoms with Crippen LogP contribution in [0.15, 0.2) is 48.5 Å². The highest BCUT2D eigenvalue weighted by Gasteiger charge is 2.15. The van der Waals surface area contributed by atoms with Crippen LogP contribution in [0.5, 0.6) is 11.5 Å². The van der Waals surface area contributed by atoms with Gasteiger partial charge in [-0.3, -0.25) is 0 Å². The zero-order valence-corrected chi connectivity index (χ0v) is 12.9. The molecule has 0 amide bonds. The van der Waals surface area contributed by atoms with Crippen molar-refractivity contribution in [2.75, 3.05) is 13.2 Å². The standard InChI is InChI=1S/C18H20O4/c1-3-20-17-11-10-15(12-16(17)18(19)21-4-2)22-13-14-8-6-5-7-9-14/h5-12H,3-4,13H2,1-2H3. The first-order valence-corrected chi connectivity index (χ1v) is 7.35. The summed E-state index contributed by atoms with van der Waals surface area (Å²) in [4.78, 5) is 12.0. The van der Waals surface area contributed by atoms with Crippen molar-refractivity contribution < 1.29 is 19.0 Å². The van der Waals surface area contributed by atoms with Crippen molar-refractivity contribution in [3.63, 3.8) is 0 Å². The summed E-state index contributed by atoms with van der Waals surface area (Å²) in [6.45, 7) is 4.88. The van der Waals surface area contributed by atoms with Crippen molar-refractivity contribution >= 4 is 5.97 Å². The second-order valence-electron chi connectivity index (χ2n) is 4.59. The molecular formula is C18H20O4. The highest BCUT2D eigenvalue weighted by atomic mass is 16.5. The average molecular weight is 300 g/mol. The molecule has 0 atom stereocenters. The fourth-order valence-electron chi connectivity index (χ4n) is 1.99. The molecule has 0 radical (unpaired) electrons. The average Bonchev–Trinajstić information content (AvgIpc) is 2.55. The normalized spacial score (nSPS) is 10.1. The molecule has 22 heavy (non-hydrogen) atoms. The molecule has 0 aliphatic rings. The van der Waals surface area contributed by atoms with Gasteiger partial charge in [0.05, 0.1) is 13.2 Å². The summed E-state index contributed by atoms with van der Waals surface area (Å²) in [5.41, 5.74) is 1.45. The first-order valence-electron chi connectivity index (χ1n) is 7.35. The molecule has 0 fully saturated rings. The maximum Gasteiger partial charge on any atom is 0.342 e. The van der Waals surface area contributed by atoms with Gasteiger partial charge in [0, 0.05) is 0 Å². The third-order valence-corrected chi connectivity index (χ3v) is 2.99. The van der Waals surface area contributed by atoms with Gasteiger partial charge in [0.2, 0.25) is 0 Å². The number of rotatable bonds is 7. The number of benzene rings is 2. The van der Waals surface area contributed by atoms with Crippen LogP contribution in [0.4, 0.5) is 0 Å². The molecule has 0 aliphatic carbocycles. The van der Waals surface area contributed by atoms with Crippen LogP contribution in [0, 0.1) is 0 Å². The maximum absolute atomic E-state index is 12.0. The third kappa shape index (κ3) is 4.25. The van der Waals surface area contributed by atoms with Crippen LogP contribution in [-0.2, 0) is 11.3 Å². The van der Waals surface area contributed by atoms with Gasteiger partial charge in [0.1, 0.15) is 23.7 Å². The number of ether oxygens (including phenoxy) is 3. The second kappa shape index (κ2) is 8.08. The lowest BCUT2D eigenvalue weighted by molar-refractivity contribution is 0.0521. The molecule has 0 unspecified atom stereocenters. The maximum atomic E-state index is 12.0. The molecule has 0 heterocycles. The molecule has 0 saturated heterocycles. The molecular weight excluding hydrogens is 280 g/mol. The molecule has 116 valence electrons. The van der Waals surface area contributed by atoms with Crippen molar-refractivity contribution in [1.82, 2.24) is 0 Å². The van der Waals surface area contributed by atoms with Gasteiger partial charge < -0.3 is 14.2 Å². The van der Waals surface area contributed by atoms with Crippen LogP contribution >= 0.6 is 0 Å². The van der Waals surface area contributed by atoms with Crippen molar-refractivity contribution in [2.24, 2.45) is 0 Å². The number of hydrogen-bond donors (Lipinski definition) is 0. The van der Waals surface area contributed by atoms with Gasteiger partial charge in [-0.1, -0.05) is 30.3 Å². The van der Waals surface area contributed by atoms with Crippen molar-refractivity contribution in [1.29, 1.82) is 0 Å². The van der Waals surface area contributed by atoms with Gasteiger partial charge in [-0.15, -0.1) is 0 Å². The lowest BCUT2D eigenvalue weighted by Gasteiger charge is -2.12. The molecule has 4 nitrogen and oxygen atoms in total. The smallest absolute Gasteiger partial charge is 0.342 e. The highest BCUT2D eigenvalue weighted by Crippen LogP contribution is 2.26. The Morgan fingerprint density at radius 2 is 1.73 bits per heavy atom. The predicted octanol–water partition coefficient (Wildman–Crippen LogP) is 3.84. The minimum absolute atomic E-state index is 0.319. The molecule has 2 aromatic carbocycles. The topological polar surface area (TPSA) is 44.8 Å². The van der Waals surface area contributed by atoms with Crippen molar-refractivity contribution in [2.45, 2.75) is 20.5 Å². The molecule has 0 saturated carbocycles. The van der Waals surface area contributed by atoms with E-state index in [0.717, 1.165) is 5.56 Å². The molecule has 2 aromatic rings. The van der Waals surface area contributed by atoms with E-state index in [-0.39, 0.29) is 0 Å². The summed E-state index contributed by atoms with van der Waals surface area (Å²) in [5.74, 6) is 0.708. The van der Waals surface area contributed by atoms with E-state index >= 15 is 0 Å². The monoisotopic (exact) mass is 300 g/mol. The van der Waals surface area contributed by atoms with E-state index in [2.05, 4.69) is 0 Å². The lowest BCUT2D eigenvalue weighted by atomic mass is 10.2. The van der Waals surface area contributed by atoms with Gasteiger partial charge >= 0.3 is 5.97 Å². The van der Waals surface area contributed by atoms with E-state index in [1.54, 1.807) is 25.1 Å². The largest absolute Gasteiger partial charge is 0.493 e. The highest BCUT2D eigenvalue weighted by molar-refractivity contribution is 5.93. The van der Waals surface area contributed by atoms with E-state index in [1.165, 1.54) is 0 Å². The molecule has 0 aromatic heterocycles. The fourth-order valence-corrected chi connectivity index (χ4v) is 1.99. The Hall–Kier alpha value is -2.49. The fraction of sp³-hybridized carbons (Fsp3) is 0.278. The molecule has 2 rings (SSSR count). The summed E-state index contributed by atoms with van der Waals surface area (Å²) in [6.07, 6.45) is 0. The van der Waals surface area contributed by atoms with Crippen molar-refractivity contribution in [3.05, 3.63) is 59.7 Å². The van der Waals surface area contributed by atoms with E-state index < -0.39 is 5.97 Å². The van der Waals surface area contributed by atoms with E-state index in [0.29, 0.717) is 36.9 Å². The predicted molar refractivity (Wildman–Crippen MR) is 84.3 cm³/mol. The van der Waals surface area contributed by atoms with Crippen LogP contribution in [-0.4, -0.2) is 19.2 Å². The zero-order chi connectivity index (χ0) is 15.8. The third-order valence-electron chi connectivity index (χ3n) is 2.99. The van der Waals surface area contributed by atoms with Gasteiger partial charge in [0.15, 0.2) is 0 Å². The number of hydrogen-bond acceptors (Lipinski definition) is 4. The van der Waals surface area contributed by atoms with Crippen LogP contribution in [0.3, 0.4) is 0 Å². The summed E-state index contributed by atoms with van der Waals surface area (Å²) in [5, 5.41) is 0. The van der Waals surface area contributed by atoms with Crippen LogP contribution in [0.1, 0.15) is 29.8 Å². The van der Waals surface area contributed by atoms with E-state index in [9.17, 15) is 4.79 Å². The quantitative estimate of drug-likeness (QED) is 0.729. The van der Waals surface area contributed by atoms with E-state index in [1.807, 2.05) is 37.3 Å². The molecule has 0 N–H and O–H groups in total. The first-order chi connectivity index (χ1) is 10.7. The number of esters is 1. The summed E-state index contributed by atoms with van der Waals surface area (Å²) in [7, 11) is 0. The number of carbonyl (C=O) groups is 1. The van der Waals surface area contributed by atoms with Gasteiger partial charge in [-0.25, -0.2) is 4.79 Å². The Morgan fingerprint density at radius 1 is 0.955 bits per heavy atom.